The van der Waals surface area contributed by atoms with Crippen molar-refractivity contribution in [1.82, 2.24) is 15.1 Å². The summed E-state index contributed by atoms with van der Waals surface area (Å²) in [5.74, 6) is 0.870. The first kappa shape index (κ1) is 14.9. The molecule has 1 N–H and O–H groups in total. The Labute approximate surface area is 108 Å². The molecule has 1 unspecified atom stereocenters. The summed E-state index contributed by atoms with van der Waals surface area (Å²) in [5.41, 5.74) is 0. The number of hydrogen-bond acceptors (Lipinski definition) is 3. The summed E-state index contributed by atoms with van der Waals surface area (Å²) >= 11 is 0. The third-order valence-electron chi connectivity index (χ3n) is 3.81. The van der Waals surface area contributed by atoms with Crippen molar-refractivity contribution in [2.24, 2.45) is 5.92 Å². The second-order valence-corrected chi connectivity index (χ2v) is 5.55. The molecule has 0 radical (unpaired) electrons. The van der Waals surface area contributed by atoms with Crippen molar-refractivity contribution in [2.45, 2.75) is 40.2 Å². The van der Waals surface area contributed by atoms with Crippen LogP contribution in [0.25, 0.3) is 0 Å². The van der Waals surface area contributed by atoms with Gasteiger partial charge in [0, 0.05) is 25.7 Å². The third kappa shape index (κ3) is 5.84. The fourth-order valence-electron chi connectivity index (χ4n) is 2.51. The van der Waals surface area contributed by atoms with Crippen LogP contribution in [-0.2, 0) is 0 Å². The highest BCUT2D eigenvalue weighted by Gasteiger charge is 2.22. The quantitative estimate of drug-likeness (QED) is 0.697. The fraction of sp³-hybridized carbons (Fsp3) is 1.00. The van der Waals surface area contributed by atoms with Crippen LogP contribution in [0.4, 0.5) is 0 Å². The molecule has 0 aromatic carbocycles. The van der Waals surface area contributed by atoms with Gasteiger partial charge in [0.2, 0.25) is 0 Å². The van der Waals surface area contributed by atoms with E-state index in [4.69, 9.17) is 0 Å². The van der Waals surface area contributed by atoms with E-state index in [1.165, 1.54) is 52.2 Å². The van der Waals surface area contributed by atoms with Crippen molar-refractivity contribution in [3.05, 3.63) is 0 Å². The van der Waals surface area contributed by atoms with Crippen LogP contribution in [0.1, 0.15) is 34.1 Å². The Bertz CT molecular complexity index is 190. The Morgan fingerprint density at radius 3 is 2.59 bits per heavy atom. The van der Waals surface area contributed by atoms with E-state index in [2.05, 4.69) is 42.8 Å². The van der Waals surface area contributed by atoms with Gasteiger partial charge in [0.25, 0.3) is 0 Å². The van der Waals surface area contributed by atoms with E-state index < -0.39 is 0 Å². The molecule has 1 saturated heterocycles. The predicted molar refractivity (Wildman–Crippen MR) is 75.5 cm³/mol. The molecule has 1 aliphatic rings. The van der Waals surface area contributed by atoms with Crippen LogP contribution in [0, 0.1) is 5.92 Å². The van der Waals surface area contributed by atoms with Gasteiger partial charge in [0.15, 0.2) is 0 Å². The maximum atomic E-state index is 3.56. The van der Waals surface area contributed by atoms with E-state index >= 15 is 0 Å². The van der Waals surface area contributed by atoms with Gasteiger partial charge in [-0.25, -0.2) is 0 Å². The fourth-order valence-corrected chi connectivity index (χ4v) is 2.51. The Hall–Kier alpha value is -0.120. The number of nitrogens with zero attached hydrogens (tertiary/aromatic N) is 2. The van der Waals surface area contributed by atoms with Gasteiger partial charge in [-0.1, -0.05) is 27.7 Å². The van der Waals surface area contributed by atoms with Crippen molar-refractivity contribution in [2.75, 3.05) is 45.8 Å². The van der Waals surface area contributed by atoms with Gasteiger partial charge in [-0.15, -0.1) is 0 Å². The minimum Gasteiger partial charge on any atom is -0.314 e. The van der Waals surface area contributed by atoms with Gasteiger partial charge in [-0.3, -0.25) is 0 Å². The predicted octanol–water partition coefficient (Wildman–Crippen LogP) is 1.65. The molecule has 1 aliphatic heterocycles. The molecule has 0 aromatic heterocycles. The maximum absolute atomic E-state index is 3.56. The van der Waals surface area contributed by atoms with E-state index in [1.807, 2.05) is 0 Å². The first-order valence-corrected chi connectivity index (χ1v) is 7.33. The first-order chi connectivity index (χ1) is 8.15. The van der Waals surface area contributed by atoms with Crippen molar-refractivity contribution in [3.63, 3.8) is 0 Å². The molecule has 0 spiro atoms. The Kier molecular flexibility index (Phi) is 7.09. The van der Waals surface area contributed by atoms with Crippen LogP contribution in [0.15, 0.2) is 0 Å². The summed E-state index contributed by atoms with van der Waals surface area (Å²) in [6.45, 7) is 17.6. The number of nitrogens with one attached hydrogen (secondary N) is 1. The summed E-state index contributed by atoms with van der Waals surface area (Å²) in [6, 6.07) is 0.625. The number of likely N-dealkylation sites (tertiary alicyclic amines) is 1. The van der Waals surface area contributed by atoms with E-state index in [0.717, 1.165) is 5.92 Å². The molecule has 3 nitrogen and oxygen atoms in total. The molecule has 0 saturated carbocycles. The van der Waals surface area contributed by atoms with Crippen LogP contribution in [0.3, 0.4) is 0 Å². The topological polar surface area (TPSA) is 18.5 Å². The van der Waals surface area contributed by atoms with Gasteiger partial charge >= 0.3 is 0 Å². The summed E-state index contributed by atoms with van der Waals surface area (Å²) in [4.78, 5) is 5.14. The number of hydrogen-bond donors (Lipinski definition) is 1. The van der Waals surface area contributed by atoms with Crippen molar-refractivity contribution >= 4 is 0 Å². The monoisotopic (exact) mass is 241 g/mol. The van der Waals surface area contributed by atoms with E-state index in [1.54, 1.807) is 0 Å². The Balaban J connectivity index is 2.12. The normalized spacial score (nSPS) is 21.9. The minimum absolute atomic E-state index is 0.625. The molecule has 1 atom stereocenters. The van der Waals surface area contributed by atoms with Crippen LogP contribution in [-0.4, -0.2) is 61.7 Å². The summed E-state index contributed by atoms with van der Waals surface area (Å²) in [7, 11) is 0. The first-order valence-electron chi connectivity index (χ1n) is 7.33. The molecule has 102 valence electrons. The van der Waals surface area contributed by atoms with Crippen LogP contribution >= 0.6 is 0 Å². The van der Waals surface area contributed by atoms with Gasteiger partial charge in [-0.2, -0.15) is 0 Å². The lowest BCUT2D eigenvalue weighted by Gasteiger charge is -2.23. The second-order valence-electron chi connectivity index (χ2n) is 5.55. The second kappa shape index (κ2) is 8.06. The number of rotatable bonds is 8. The lowest BCUT2D eigenvalue weighted by Crippen LogP contribution is -2.35. The molecule has 17 heavy (non-hydrogen) atoms. The van der Waals surface area contributed by atoms with Gasteiger partial charge < -0.3 is 15.1 Å². The highest BCUT2D eigenvalue weighted by Crippen LogP contribution is 2.15. The molecule has 1 rings (SSSR count). The third-order valence-corrected chi connectivity index (χ3v) is 3.81. The molecule has 1 fully saturated rings. The Morgan fingerprint density at radius 2 is 2.00 bits per heavy atom. The van der Waals surface area contributed by atoms with E-state index in [0.29, 0.717) is 6.04 Å². The lowest BCUT2D eigenvalue weighted by molar-refractivity contribution is 0.236. The van der Waals surface area contributed by atoms with Crippen LogP contribution in [0.2, 0.25) is 0 Å². The molecule has 0 bridgehead atoms. The zero-order chi connectivity index (χ0) is 12.7. The zero-order valence-corrected chi connectivity index (χ0v) is 12.2. The van der Waals surface area contributed by atoms with Crippen molar-refractivity contribution in [1.29, 1.82) is 0 Å². The average molecular weight is 241 g/mol. The summed E-state index contributed by atoms with van der Waals surface area (Å²) in [5, 5.41) is 3.56. The zero-order valence-electron chi connectivity index (χ0n) is 12.2. The standard InChI is InChI=1S/C14H31N3/c1-5-16(6-2)9-10-17-8-7-14(12-17)11-15-13(3)4/h13-15H,5-12H2,1-4H3. The molecule has 3 heteroatoms. The smallest absolute Gasteiger partial charge is 0.0109 e. The molecular weight excluding hydrogens is 210 g/mol. The van der Waals surface area contributed by atoms with Crippen LogP contribution in [0.5, 0.6) is 0 Å². The molecular formula is C14H31N3. The number of likely N-dealkylation sites (N-methyl/N-ethyl adjacent to an activating group) is 1. The summed E-state index contributed by atoms with van der Waals surface area (Å²) < 4.78 is 0. The molecule has 0 aliphatic carbocycles. The van der Waals surface area contributed by atoms with Gasteiger partial charge in [-0.05, 0) is 38.5 Å². The lowest BCUT2D eigenvalue weighted by atomic mass is 10.1. The van der Waals surface area contributed by atoms with Crippen molar-refractivity contribution in [3.8, 4) is 0 Å². The largest absolute Gasteiger partial charge is 0.314 e. The van der Waals surface area contributed by atoms with E-state index in [9.17, 15) is 0 Å². The molecule has 1 heterocycles. The molecule has 0 amide bonds. The van der Waals surface area contributed by atoms with E-state index in [-0.39, 0.29) is 0 Å². The summed E-state index contributed by atoms with van der Waals surface area (Å²) in [6.07, 6.45) is 1.37. The SMILES string of the molecule is CCN(CC)CCN1CCC(CNC(C)C)C1. The van der Waals surface area contributed by atoms with Crippen LogP contribution < -0.4 is 5.32 Å². The Morgan fingerprint density at radius 1 is 1.29 bits per heavy atom. The molecule has 0 aromatic rings. The van der Waals surface area contributed by atoms with Gasteiger partial charge in [0.1, 0.15) is 0 Å². The van der Waals surface area contributed by atoms with Crippen molar-refractivity contribution < 1.29 is 0 Å². The van der Waals surface area contributed by atoms with Gasteiger partial charge in [0.05, 0.1) is 0 Å². The maximum Gasteiger partial charge on any atom is 0.0109 e. The average Bonchev–Trinajstić information content (AvgIpc) is 2.76. The minimum atomic E-state index is 0.625. The highest BCUT2D eigenvalue weighted by molar-refractivity contribution is 4.78. The highest BCUT2D eigenvalue weighted by atomic mass is 15.2.